The minimum absolute atomic E-state index is 0.0432. The van der Waals surface area contributed by atoms with Crippen molar-refractivity contribution in [2.75, 3.05) is 26.7 Å². The van der Waals surface area contributed by atoms with Gasteiger partial charge in [0.2, 0.25) is 0 Å². The van der Waals surface area contributed by atoms with Crippen LogP contribution in [0.25, 0.3) is 10.9 Å². The third-order valence-corrected chi connectivity index (χ3v) is 5.44. The normalized spacial score (nSPS) is 21.5. The number of nitrogens with one attached hydrogen (secondary N) is 2. The summed E-state index contributed by atoms with van der Waals surface area (Å²) in [5.74, 6) is -0.120. The van der Waals surface area contributed by atoms with Crippen molar-refractivity contribution in [1.82, 2.24) is 25.3 Å². The molecule has 2 heterocycles. The lowest BCUT2D eigenvalue weighted by Gasteiger charge is -2.29. The topological polar surface area (TPSA) is 64.3 Å². The standard InChI is InChI=1S/C22H27N5O/c1-16-12-26(2)14-18(15-27(16)13-17-8-4-3-5-9-17)23-22(28)21-19-10-6-7-11-20(19)24-25-21/h3-11,16,18H,12-15H2,1-2H3,(H,23,28)(H,24,25). The van der Waals surface area contributed by atoms with Crippen LogP contribution < -0.4 is 5.32 Å². The summed E-state index contributed by atoms with van der Waals surface area (Å²) in [6, 6.07) is 18.7. The van der Waals surface area contributed by atoms with Crippen molar-refractivity contribution < 1.29 is 4.79 Å². The Morgan fingerprint density at radius 1 is 1.11 bits per heavy atom. The maximum atomic E-state index is 12.9. The zero-order valence-electron chi connectivity index (χ0n) is 16.4. The highest BCUT2D eigenvalue weighted by molar-refractivity contribution is 6.04. The lowest BCUT2D eigenvalue weighted by molar-refractivity contribution is 0.0917. The van der Waals surface area contributed by atoms with Crippen LogP contribution in [-0.4, -0.2) is 64.7 Å². The van der Waals surface area contributed by atoms with Crippen LogP contribution >= 0.6 is 0 Å². The lowest BCUT2D eigenvalue weighted by atomic mass is 10.1. The molecular formula is C22H27N5O. The van der Waals surface area contributed by atoms with Crippen LogP contribution in [0.4, 0.5) is 0 Å². The second kappa shape index (κ2) is 8.12. The number of fused-ring (bicyclic) bond motifs is 1. The molecule has 3 aromatic rings. The lowest BCUT2D eigenvalue weighted by Crippen LogP contribution is -2.47. The molecule has 146 valence electrons. The molecule has 1 aliphatic rings. The first-order valence-corrected chi connectivity index (χ1v) is 9.80. The molecule has 6 heteroatoms. The SMILES string of the molecule is CC1CN(C)CC(NC(=O)c2n[nH]c3ccccc23)CN1Cc1ccccc1. The van der Waals surface area contributed by atoms with E-state index in [1.54, 1.807) is 0 Å². The second-order valence-corrected chi connectivity index (χ2v) is 7.77. The Hall–Kier alpha value is -2.70. The average molecular weight is 377 g/mol. The van der Waals surface area contributed by atoms with E-state index in [2.05, 4.69) is 63.6 Å². The number of benzene rings is 2. The summed E-state index contributed by atoms with van der Waals surface area (Å²) in [6.45, 7) is 5.75. The number of para-hydroxylation sites is 1. The summed E-state index contributed by atoms with van der Waals surface area (Å²) in [7, 11) is 2.12. The van der Waals surface area contributed by atoms with Gasteiger partial charge in [0.15, 0.2) is 5.69 Å². The third kappa shape index (κ3) is 4.08. The van der Waals surface area contributed by atoms with Gasteiger partial charge in [-0.3, -0.25) is 14.8 Å². The van der Waals surface area contributed by atoms with Crippen LogP contribution in [0.2, 0.25) is 0 Å². The molecule has 2 unspecified atom stereocenters. The fraction of sp³-hybridized carbons (Fsp3) is 0.364. The molecule has 6 nitrogen and oxygen atoms in total. The summed E-state index contributed by atoms with van der Waals surface area (Å²) in [6.07, 6.45) is 0. The molecule has 1 aliphatic heterocycles. The van der Waals surface area contributed by atoms with Crippen molar-refractivity contribution in [2.24, 2.45) is 0 Å². The molecule has 2 aromatic carbocycles. The van der Waals surface area contributed by atoms with E-state index in [0.717, 1.165) is 37.1 Å². The molecule has 0 spiro atoms. The number of aromatic amines is 1. The van der Waals surface area contributed by atoms with Gasteiger partial charge in [0.1, 0.15) is 0 Å². The van der Waals surface area contributed by atoms with Gasteiger partial charge in [-0.25, -0.2) is 0 Å². The first kappa shape index (κ1) is 18.7. The number of rotatable bonds is 4. The molecule has 2 atom stereocenters. The number of hydrogen-bond donors (Lipinski definition) is 2. The van der Waals surface area contributed by atoms with Gasteiger partial charge in [-0.05, 0) is 25.6 Å². The Morgan fingerprint density at radius 2 is 1.86 bits per heavy atom. The fourth-order valence-corrected chi connectivity index (χ4v) is 4.06. The minimum atomic E-state index is -0.120. The Balaban J connectivity index is 1.50. The van der Waals surface area contributed by atoms with E-state index in [0.29, 0.717) is 11.7 Å². The monoisotopic (exact) mass is 377 g/mol. The number of aromatic nitrogens is 2. The minimum Gasteiger partial charge on any atom is -0.345 e. The highest BCUT2D eigenvalue weighted by Crippen LogP contribution is 2.17. The zero-order chi connectivity index (χ0) is 19.5. The summed E-state index contributed by atoms with van der Waals surface area (Å²) in [5.41, 5.74) is 2.64. The number of carbonyl (C=O) groups is 1. The number of nitrogens with zero attached hydrogens (tertiary/aromatic N) is 3. The van der Waals surface area contributed by atoms with E-state index in [1.165, 1.54) is 5.56 Å². The van der Waals surface area contributed by atoms with Crippen molar-refractivity contribution in [3.63, 3.8) is 0 Å². The molecule has 1 amide bonds. The van der Waals surface area contributed by atoms with Gasteiger partial charge in [-0.2, -0.15) is 5.10 Å². The summed E-state index contributed by atoms with van der Waals surface area (Å²) < 4.78 is 0. The quantitative estimate of drug-likeness (QED) is 0.733. The van der Waals surface area contributed by atoms with Crippen LogP contribution in [0.15, 0.2) is 54.6 Å². The Bertz CT molecular complexity index is 938. The molecule has 4 rings (SSSR count). The predicted molar refractivity (Wildman–Crippen MR) is 111 cm³/mol. The van der Waals surface area contributed by atoms with Crippen LogP contribution in [-0.2, 0) is 6.54 Å². The summed E-state index contributed by atoms with van der Waals surface area (Å²) in [4.78, 5) is 17.7. The second-order valence-electron chi connectivity index (χ2n) is 7.77. The average Bonchev–Trinajstić information content (AvgIpc) is 3.07. The molecule has 0 radical (unpaired) electrons. The van der Waals surface area contributed by atoms with E-state index in [-0.39, 0.29) is 11.9 Å². The molecular weight excluding hydrogens is 350 g/mol. The Morgan fingerprint density at radius 3 is 2.68 bits per heavy atom. The number of hydrogen-bond acceptors (Lipinski definition) is 4. The van der Waals surface area contributed by atoms with E-state index < -0.39 is 0 Å². The number of H-pyrrole nitrogens is 1. The molecule has 1 fully saturated rings. The number of amides is 1. The van der Waals surface area contributed by atoms with Gasteiger partial charge in [0.25, 0.3) is 5.91 Å². The van der Waals surface area contributed by atoms with Crippen molar-refractivity contribution >= 4 is 16.8 Å². The van der Waals surface area contributed by atoms with Gasteiger partial charge in [0, 0.05) is 37.6 Å². The molecule has 1 saturated heterocycles. The van der Waals surface area contributed by atoms with Crippen molar-refractivity contribution in [3.8, 4) is 0 Å². The molecule has 0 aliphatic carbocycles. The van der Waals surface area contributed by atoms with E-state index in [9.17, 15) is 4.79 Å². The van der Waals surface area contributed by atoms with Gasteiger partial charge in [-0.15, -0.1) is 0 Å². The number of likely N-dealkylation sites (N-methyl/N-ethyl adjacent to an activating group) is 1. The Labute approximate surface area is 165 Å². The van der Waals surface area contributed by atoms with E-state index in [4.69, 9.17) is 0 Å². The maximum absolute atomic E-state index is 12.9. The number of carbonyl (C=O) groups excluding carboxylic acids is 1. The van der Waals surface area contributed by atoms with Gasteiger partial charge < -0.3 is 10.2 Å². The fourth-order valence-electron chi connectivity index (χ4n) is 4.06. The maximum Gasteiger partial charge on any atom is 0.272 e. The Kier molecular flexibility index (Phi) is 5.41. The third-order valence-electron chi connectivity index (χ3n) is 5.44. The summed E-state index contributed by atoms with van der Waals surface area (Å²) >= 11 is 0. The first-order valence-electron chi connectivity index (χ1n) is 9.80. The molecule has 0 saturated carbocycles. The van der Waals surface area contributed by atoms with Crippen LogP contribution in [0, 0.1) is 0 Å². The van der Waals surface area contributed by atoms with E-state index in [1.807, 2.05) is 30.3 Å². The zero-order valence-corrected chi connectivity index (χ0v) is 16.4. The van der Waals surface area contributed by atoms with E-state index >= 15 is 0 Å². The predicted octanol–water partition coefficient (Wildman–Crippen LogP) is 2.50. The highest BCUT2D eigenvalue weighted by Gasteiger charge is 2.28. The molecule has 2 N–H and O–H groups in total. The van der Waals surface area contributed by atoms with Crippen molar-refractivity contribution in [3.05, 3.63) is 65.9 Å². The molecule has 0 bridgehead atoms. The van der Waals surface area contributed by atoms with Crippen molar-refractivity contribution in [1.29, 1.82) is 0 Å². The highest BCUT2D eigenvalue weighted by atomic mass is 16.2. The largest absolute Gasteiger partial charge is 0.345 e. The van der Waals surface area contributed by atoms with Crippen LogP contribution in [0.5, 0.6) is 0 Å². The van der Waals surface area contributed by atoms with Crippen LogP contribution in [0.1, 0.15) is 23.0 Å². The molecule has 1 aromatic heterocycles. The van der Waals surface area contributed by atoms with Gasteiger partial charge >= 0.3 is 0 Å². The summed E-state index contributed by atoms with van der Waals surface area (Å²) in [5, 5.41) is 11.3. The van der Waals surface area contributed by atoms with Crippen LogP contribution in [0.3, 0.4) is 0 Å². The van der Waals surface area contributed by atoms with Gasteiger partial charge in [0.05, 0.1) is 11.6 Å². The smallest absolute Gasteiger partial charge is 0.272 e. The molecule has 28 heavy (non-hydrogen) atoms. The van der Waals surface area contributed by atoms with Crippen molar-refractivity contribution in [2.45, 2.75) is 25.6 Å². The van der Waals surface area contributed by atoms with Gasteiger partial charge in [-0.1, -0.05) is 48.5 Å². The first-order chi connectivity index (χ1) is 13.6.